The summed E-state index contributed by atoms with van der Waals surface area (Å²) in [5.74, 6) is -0.430. The third-order valence-electron chi connectivity index (χ3n) is 11.2. The van der Waals surface area contributed by atoms with Crippen LogP contribution in [0.15, 0.2) is 72.9 Å². The quantitative estimate of drug-likeness (QED) is 0.0346. The van der Waals surface area contributed by atoms with Gasteiger partial charge in [0.15, 0.2) is 6.10 Å². The second kappa shape index (κ2) is 52.7. The van der Waals surface area contributed by atoms with Crippen LogP contribution in [0.3, 0.4) is 0 Å². The minimum absolute atomic E-state index is 0.0692. The molecule has 0 aromatic carbocycles. The molecule has 0 saturated heterocycles. The molecule has 0 spiro atoms. The molecule has 0 rings (SSSR count). The summed E-state index contributed by atoms with van der Waals surface area (Å²) in [6.07, 6.45) is 67.7. The van der Waals surface area contributed by atoms with Gasteiger partial charge in [-0.15, -0.1) is 0 Å². The van der Waals surface area contributed by atoms with Gasteiger partial charge in [0.25, 0.3) is 0 Å². The molecule has 5 heteroatoms. The van der Waals surface area contributed by atoms with Crippen molar-refractivity contribution in [2.24, 2.45) is 0 Å². The standard InChI is InChI=1S/C57H100O5/c1-4-7-10-13-16-19-22-25-28-31-34-37-40-43-46-49-52-60-53-55(62-57(59)51-48-45-42-39-36-33-30-27-24-21-18-15-12-9-6-3)54-61-56(58)50-47-44-41-38-35-32-29-26-23-20-17-14-11-8-5-2/h8-9,11-12,17-18,20-21,26-27,29-30,55H,4-7,10,13-16,19,22-25,28,31-54H2,1-3H3/b11-8-,12-9-,20-17-,21-18-,29-26-,30-27-/t55-/m1/s1. The fraction of sp³-hybridized carbons (Fsp3) is 0.754. The molecule has 0 aromatic rings. The van der Waals surface area contributed by atoms with Crippen LogP contribution in [0, 0.1) is 0 Å². The third-order valence-corrected chi connectivity index (χ3v) is 11.2. The van der Waals surface area contributed by atoms with Gasteiger partial charge in [-0.25, -0.2) is 0 Å². The summed E-state index contributed by atoms with van der Waals surface area (Å²) in [6, 6.07) is 0. The first kappa shape index (κ1) is 59.3. The van der Waals surface area contributed by atoms with E-state index in [-0.39, 0.29) is 25.2 Å². The molecule has 0 radical (unpaired) electrons. The van der Waals surface area contributed by atoms with Gasteiger partial charge in [0.1, 0.15) is 6.61 Å². The molecule has 0 aliphatic rings. The van der Waals surface area contributed by atoms with Crippen LogP contribution < -0.4 is 0 Å². The first-order valence-corrected chi connectivity index (χ1v) is 26.5. The predicted octanol–water partition coefficient (Wildman–Crippen LogP) is 17.9. The molecule has 0 N–H and O–H groups in total. The Morgan fingerprint density at radius 2 is 0.726 bits per heavy atom. The van der Waals surface area contributed by atoms with Gasteiger partial charge in [0.2, 0.25) is 0 Å². The molecule has 1 atom stereocenters. The van der Waals surface area contributed by atoms with E-state index in [1.807, 2.05) is 0 Å². The van der Waals surface area contributed by atoms with Crippen molar-refractivity contribution in [2.75, 3.05) is 19.8 Å². The highest BCUT2D eigenvalue weighted by molar-refractivity contribution is 5.70. The maximum atomic E-state index is 12.8. The normalized spacial score (nSPS) is 12.8. The summed E-state index contributed by atoms with van der Waals surface area (Å²) in [5, 5.41) is 0. The lowest BCUT2D eigenvalue weighted by Crippen LogP contribution is -2.30. The summed E-state index contributed by atoms with van der Waals surface area (Å²) in [5.41, 5.74) is 0. The Bertz CT molecular complexity index is 1110. The van der Waals surface area contributed by atoms with Crippen molar-refractivity contribution >= 4 is 11.9 Å². The van der Waals surface area contributed by atoms with Crippen LogP contribution in [0.25, 0.3) is 0 Å². The first-order valence-electron chi connectivity index (χ1n) is 26.5. The summed E-state index contributed by atoms with van der Waals surface area (Å²) in [7, 11) is 0. The van der Waals surface area contributed by atoms with Crippen molar-refractivity contribution in [2.45, 2.75) is 258 Å². The lowest BCUT2D eigenvalue weighted by molar-refractivity contribution is -0.163. The summed E-state index contributed by atoms with van der Waals surface area (Å²) in [6.45, 7) is 7.60. The lowest BCUT2D eigenvalue weighted by atomic mass is 10.0. The molecule has 0 unspecified atom stereocenters. The number of hydrogen-bond donors (Lipinski definition) is 0. The van der Waals surface area contributed by atoms with Crippen LogP contribution in [0.5, 0.6) is 0 Å². The lowest BCUT2D eigenvalue weighted by Gasteiger charge is -2.18. The zero-order chi connectivity index (χ0) is 44.9. The van der Waals surface area contributed by atoms with Crippen molar-refractivity contribution in [1.82, 2.24) is 0 Å². The van der Waals surface area contributed by atoms with E-state index >= 15 is 0 Å². The van der Waals surface area contributed by atoms with E-state index in [0.29, 0.717) is 19.4 Å². The minimum Gasteiger partial charge on any atom is -0.462 e. The number of esters is 2. The molecule has 0 aliphatic heterocycles. The minimum atomic E-state index is -0.552. The van der Waals surface area contributed by atoms with E-state index in [2.05, 4.69) is 93.7 Å². The van der Waals surface area contributed by atoms with Crippen molar-refractivity contribution in [3.63, 3.8) is 0 Å². The number of carbonyl (C=O) groups is 2. The van der Waals surface area contributed by atoms with Crippen molar-refractivity contribution < 1.29 is 23.8 Å². The van der Waals surface area contributed by atoms with Crippen LogP contribution in [0.2, 0.25) is 0 Å². The van der Waals surface area contributed by atoms with Crippen LogP contribution >= 0.6 is 0 Å². The Morgan fingerprint density at radius 3 is 1.16 bits per heavy atom. The highest BCUT2D eigenvalue weighted by Gasteiger charge is 2.17. The van der Waals surface area contributed by atoms with E-state index in [1.54, 1.807) is 0 Å². The molecule has 0 heterocycles. The largest absolute Gasteiger partial charge is 0.462 e. The Kier molecular flexibility index (Phi) is 50.4. The average molecular weight is 865 g/mol. The fourth-order valence-electron chi connectivity index (χ4n) is 7.36. The molecule has 0 saturated carbocycles. The van der Waals surface area contributed by atoms with E-state index in [1.165, 1.54) is 116 Å². The molecule has 0 bridgehead atoms. The highest BCUT2D eigenvalue weighted by Crippen LogP contribution is 2.15. The molecule has 358 valence electrons. The van der Waals surface area contributed by atoms with Gasteiger partial charge in [-0.3, -0.25) is 9.59 Å². The predicted molar refractivity (Wildman–Crippen MR) is 270 cm³/mol. The Hall–Kier alpha value is -2.66. The Morgan fingerprint density at radius 1 is 0.371 bits per heavy atom. The van der Waals surface area contributed by atoms with Crippen LogP contribution in [-0.2, 0) is 23.8 Å². The number of unbranched alkanes of at least 4 members (excludes halogenated alkanes) is 25. The van der Waals surface area contributed by atoms with E-state index < -0.39 is 6.10 Å². The highest BCUT2D eigenvalue weighted by atomic mass is 16.6. The zero-order valence-electron chi connectivity index (χ0n) is 41.1. The molecule has 0 aromatic heterocycles. The van der Waals surface area contributed by atoms with Crippen LogP contribution in [-0.4, -0.2) is 37.9 Å². The number of rotatable bonds is 48. The van der Waals surface area contributed by atoms with Gasteiger partial charge >= 0.3 is 11.9 Å². The van der Waals surface area contributed by atoms with Gasteiger partial charge in [-0.2, -0.15) is 0 Å². The summed E-state index contributed by atoms with van der Waals surface area (Å²) >= 11 is 0. The molecule has 62 heavy (non-hydrogen) atoms. The van der Waals surface area contributed by atoms with Crippen LogP contribution in [0.4, 0.5) is 0 Å². The fourth-order valence-corrected chi connectivity index (χ4v) is 7.36. The Labute approximate surface area is 385 Å². The van der Waals surface area contributed by atoms with Gasteiger partial charge < -0.3 is 14.2 Å². The average Bonchev–Trinajstić information content (AvgIpc) is 3.27. The molecule has 0 fully saturated rings. The zero-order valence-corrected chi connectivity index (χ0v) is 41.1. The van der Waals surface area contributed by atoms with E-state index in [0.717, 1.165) is 103 Å². The topological polar surface area (TPSA) is 61.8 Å². The smallest absolute Gasteiger partial charge is 0.306 e. The van der Waals surface area contributed by atoms with E-state index in [4.69, 9.17) is 14.2 Å². The SMILES string of the molecule is CC/C=C\C/C=C\C/C=C\CCCCCCCC(=O)OC[C@@H](COCCCCCCCCCCCCCCCCCC)OC(=O)CCCCCCC/C=C\C/C=C\C/C=C\CC. The van der Waals surface area contributed by atoms with Crippen LogP contribution in [0.1, 0.15) is 252 Å². The van der Waals surface area contributed by atoms with Gasteiger partial charge in [-0.05, 0) is 83.5 Å². The van der Waals surface area contributed by atoms with Gasteiger partial charge in [0, 0.05) is 19.4 Å². The van der Waals surface area contributed by atoms with Gasteiger partial charge in [-0.1, -0.05) is 229 Å². The van der Waals surface area contributed by atoms with E-state index in [9.17, 15) is 9.59 Å². The second-order valence-corrected chi connectivity index (χ2v) is 17.4. The number of ether oxygens (including phenoxy) is 3. The van der Waals surface area contributed by atoms with Crippen molar-refractivity contribution in [3.05, 3.63) is 72.9 Å². The first-order chi connectivity index (χ1) is 30.6. The molecule has 0 aliphatic carbocycles. The Balaban J connectivity index is 4.31. The third kappa shape index (κ3) is 50.0. The van der Waals surface area contributed by atoms with Gasteiger partial charge in [0.05, 0.1) is 6.61 Å². The number of carbonyl (C=O) groups excluding carboxylic acids is 2. The maximum Gasteiger partial charge on any atom is 0.306 e. The molecular formula is C57H100O5. The number of hydrogen-bond acceptors (Lipinski definition) is 5. The molecule has 5 nitrogen and oxygen atoms in total. The molecular weight excluding hydrogens is 765 g/mol. The molecule has 0 amide bonds. The summed E-state index contributed by atoms with van der Waals surface area (Å²) < 4.78 is 17.4. The number of allylic oxidation sites excluding steroid dienone is 12. The second-order valence-electron chi connectivity index (χ2n) is 17.4. The van der Waals surface area contributed by atoms with Crippen molar-refractivity contribution in [1.29, 1.82) is 0 Å². The summed E-state index contributed by atoms with van der Waals surface area (Å²) in [4.78, 5) is 25.4. The maximum absolute atomic E-state index is 12.8. The van der Waals surface area contributed by atoms with Crippen molar-refractivity contribution in [3.8, 4) is 0 Å². The monoisotopic (exact) mass is 865 g/mol.